The summed E-state index contributed by atoms with van der Waals surface area (Å²) in [6, 6.07) is 0. The number of nitrogens with zero attached hydrogens (tertiary/aromatic N) is 4. The number of aldehydes is 1. The van der Waals surface area contributed by atoms with Gasteiger partial charge in [-0.3, -0.25) is 19.2 Å². The van der Waals surface area contributed by atoms with Crippen molar-refractivity contribution in [1.29, 1.82) is 0 Å². The smallest absolute Gasteiger partial charge is 0.242 e. The van der Waals surface area contributed by atoms with E-state index in [1.165, 1.54) is 128 Å². The normalized spacial score (nSPS) is 11.1. The van der Waals surface area contributed by atoms with Gasteiger partial charge < -0.3 is 24.4 Å². The summed E-state index contributed by atoms with van der Waals surface area (Å²) >= 11 is 0. The van der Waals surface area contributed by atoms with Crippen LogP contribution in [0, 0.1) is 0 Å². The molecule has 0 aliphatic rings. The Kier molecular flexibility index (Phi) is 40.9. The molecule has 0 aliphatic carbocycles. The molecule has 0 saturated heterocycles. The van der Waals surface area contributed by atoms with Crippen LogP contribution in [-0.4, -0.2) is 102 Å². The van der Waals surface area contributed by atoms with Crippen molar-refractivity contribution in [2.75, 3.05) is 52.4 Å². The zero-order valence-corrected chi connectivity index (χ0v) is 38.8. The third-order valence-corrected chi connectivity index (χ3v) is 11.6. The van der Waals surface area contributed by atoms with E-state index in [2.05, 4.69) is 27.7 Å². The van der Waals surface area contributed by atoms with E-state index in [9.17, 15) is 24.0 Å². The lowest BCUT2D eigenvalue weighted by atomic mass is 10.1. The summed E-state index contributed by atoms with van der Waals surface area (Å²) in [7, 11) is 0. The van der Waals surface area contributed by atoms with Gasteiger partial charge >= 0.3 is 0 Å². The van der Waals surface area contributed by atoms with Gasteiger partial charge in [-0.05, 0) is 25.7 Å². The Morgan fingerprint density at radius 1 is 0.328 bits per heavy atom. The molecule has 0 N–H and O–H groups in total. The number of hydrogen-bond donors (Lipinski definition) is 0. The molecule has 0 fully saturated rings. The number of carbonyl (C=O) groups excluding carboxylic acids is 5. The number of amides is 4. The van der Waals surface area contributed by atoms with E-state index < -0.39 is 0 Å². The summed E-state index contributed by atoms with van der Waals surface area (Å²) in [4.78, 5) is 71.9. The number of carbonyl (C=O) groups is 5. The Bertz CT molecular complexity index is 979. The van der Waals surface area contributed by atoms with Gasteiger partial charge in [0.05, 0.1) is 26.2 Å². The molecule has 0 spiro atoms. The van der Waals surface area contributed by atoms with Crippen molar-refractivity contribution in [3.8, 4) is 0 Å². The van der Waals surface area contributed by atoms with Gasteiger partial charge in [0.25, 0.3) is 0 Å². The summed E-state index contributed by atoms with van der Waals surface area (Å²) in [5.41, 5.74) is 0. The predicted octanol–water partition coefficient (Wildman–Crippen LogP) is 11.7. The highest BCUT2D eigenvalue weighted by atomic mass is 16.2. The van der Waals surface area contributed by atoms with Crippen LogP contribution in [0.25, 0.3) is 0 Å². The highest BCUT2D eigenvalue weighted by Gasteiger charge is 2.25. The van der Waals surface area contributed by atoms with Crippen LogP contribution in [0.5, 0.6) is 0 Å². The first-order valence-corrected chi connectivity index (χ1v) is 24.8. The van der Waals surface area contributed by atoms with E-state index in [1.54, 1.807) is 19.6 Å². The SMILES string of the molecule is CCCCCCCCCCN(C=O)CC(=O)N(CCCCCCCCCC)CC(=O)N(CCCCCCCCCC)CC(=O)N(CC=O)CCCCCCCCCC. The molecule has 0 bridgehead atoms. The molecule has 0 aromatic rings. The summed E-state index contributed by atoms with van der Waals surface area (Å²) in [6.07, 6.45) is 38.1. The summed E-state index contributed by atoms with van der Waals surface area (Å²) in [6.45, 7) is 10.6. The van der Waals surface area contributed by atoms with E-state index in [1.807, 2.05) is 0 Å². The highest BCUT2D eigenvalue weighted by Crippen LogP contribution is 2.14. The van der Waals surface area contributed by atoms with Crippen LogP contribution < -0.4 is 0 Å². The van der Waals surface area contributed by atoms with Gasteiger partial charge in [-0.1, -0.05) is 207 Å². The first-order chi connectivity index (χ1) is 28.4. The highest BCUT2D eigenvalue weighted by molar-refractivity contribution is 5.89. The van der Waals surface area contributed by atoms with Gasteiger partial charge in [0.1, 0.15) is 6.29 Å². The van der Waals surface area contributed by atoms with E-state index in [0.29, 0.717) is 26.2 Å². The maximum Gasteiger partial charge on any atom is 0.242 e. The van der Waals surface area contributed by atoms with E-state index >= 15 is 0 Å². The lowest BCUT2D eigenvalue weighted by Gasteiger charge is -2.30. The molecular weight excluding hydrogens is 725 g/mol. The molecule has 0 aliphatic heterocycles. The molecule has 0 saturated carbocycles. The van der Waals surface area contributed by atoms with Crippen LogP contribution in [0.4, 0.5) is 0 Å². The van der Waals surface area contributed by atoms with Crippen molar-refractivity contribution in [2.45, 2.75) is 233 Å². The Morgan fingerprint density at radius 2 is 0.586 bits per heavy atom. The average molecular weight is 819 g/mol. The molecule has 9 nitrogen and oxygen atoms in total. The van der Waals surface area contributed by atoms with Gasteiger partial charge in [-0.2, -0.15) is 0 Å². The number of rotatable bonds is 45. The number of unbranched alkanes of at least 4 members (excludes halogenated alkanes) is 28. The van der Waals surface area contributed by atoms with Gasteiger partial charge in [0.15, 0.2) is 0 Å². The van der Waals surface area contributed by atoms with Crippen molar-refractivity contribution in [3.63, 3.8) is 0 Å². The van der Waals surface area contributed by atoms with E-state index in [4.69, 9.17) is 0 Å². The first-order valence-electron chi connectivity index (χ1n) is 24.8. The minimum Gasteiger partial charge on any atom is -0.336 e. The Labute approximate surface area is 358 Å². The average Bonchev–Trinajstić information content (AvgIpc) is 3.22. The summed E-state index contributed by atoms with van der Waals surface area (Å²) in [5.74, 6) is -0.650. The summed E-state index contributed by atoms with van der Waals surface area (Å²) in [5, 5.41) is 0. The van der Waals surface area contributed by atoms with E-state index in [0.717, 1.165) is 89.7 Å². The molecule has 0 radical (unpaired) electrons. The largest absolute Gasteiger partial charge is 0.336 e. The molecule has 0 atom stereocenters. The van der Waals surface area contributed by atoms with Gasteiger partial charge in [0.2, 0.25) is 24.1 Å². The third kappa shape index (κ3) is 33.4. The monoisotopic (exact) mass is 819 g/mol. The fourth-order valence-electron chi connectivity index (χ4n) is 7.72. The minimum atomic E-state index is -0.233. The molecule has 0 rings (SSSR count). The van der Waals surface area contributed by atoms with Gasteiger partial charge in [0, 0.05) is 26.2 Å². The maximum atomic E-state index is 14.2. The van der Waals surface area contributed by atoms with Crippen LogP contribution >= 0.6 is 0 Å². The molecule has 9 heteroatoms. The van der Waals surface area contributed by atoms with Crippen molar-refractivity contribution in [2.24, 2.45) is 0 Å². The first kappa shape index (κ1) is 55.5. The van der Waals surface area contributed by atoms with Crippen LogP contribution in [-0.2, 0) is 24.0 Å². The predicted molar refractivity (Wildman–Crippen MR) is 244 cm³/mol. The molecule has 0 heterocycles. The van der Waals surface area contributed by atoms with Crippen LogP contribution in [0.3, 0.4) is 0 Å². The molecule has 4 amide bonds. The lowest BCUT2D eigenvalue weighted by Crippen LogP contribution is -2.49. The van der Waals surface area contributed by atoms with Gasteiger partial charge in [-0.15, -0.1) is 0 Å². The Morgan fingerprint density at radius 3 is 0.897 bits per heavy atom. The third-order valence-electron chi connectivity index (χ3n) is 11.6. The molecule has 0 aromatic carbocycles. The molecule has 0 unspecified atom stereocenters. The topological polar surface area (TPSA) is 98.3 Å². The van der Waals surface area contributed by atoms with Crippen molar-refractivity contribution < 1.29 is 24.0 Å². The molecule has 0 aromatic heterocycles. The number of hydrogen-bond acceptors (Lipinski definition) is 5. The zero-order chi connectivity index (χ0) is 42.7. The van der Waals surface area contributed by atoms with Crippen molar-refractivity contribution >= 4 is 30.4 Å². The van der Waals surface area contributed by atoms with Crippen LogP contribution in [0.15, 0.2) is 0 Å². The van der Waals surface area contributed by atoms with Crippen molar-refractivity contribution in [1.82, 2.24) is 19.6 Å². The molecular formula is C49H94N4O5. The summed E-state index contributed by atoms with van der Waals surface area (Å²) < 4.78 is 0. The fraction of sp³-hybridized carbons (Fsp3) is 0.898. The Hall–Kier alpha value is -2.45. The second-order valence-electron chi connectivity index (χ2n) is 17.1. The lowest BCUT2D eigenvalue weighted by molar-refractivity contribution is -0.145. The fourth-order valence-corrected chi connectivity index (χ4v) is 7.72. The second-order valence-corrected chi connectivity index (χ2v) is 17.1. The van der Waals surface area contributed by atoms with Crippen LogP contribution in [0.2, 0.25) is 0 Å². The van der Waals surface area contributed by atoms with E-state index in [-0.39, 0.29) is 43.9 Å². The minimum absolute atomic E-state index is 0.0264. The molecule has 340 valence electrons. The second kappa shape index (κ2) is 42.7. The zero-order valence-electron chi connectivity index (χ0n) is 38.8. The van der Waals surface area contributed by atoms with Crippen molar-refractivity contribution in [3.05, 3.63) is 0 Å². The van der Waals surface area contributed by atoms with Gasteiger partial charge in [-0.25, -0.2) is 0 Å². The molecule has 58 heavy (non-hydrogen) atoms. The quantitative estimate of drug-likeness (QED) is 0.0450. The standard InChI is InChI=1S/C49H94N4O5/c1-5-9-13-17-21-25-29-33-37-50(46-55)43-47(56)52(39-35-31-27-23-19-15-11-7-3)45-49(58)53(40-36-32-28-24-20-16-12-8-4)44-48(57)51(41-42-54)38-34-30-26-22-18-14-10-6-2/h42,46H,5-41,43-45H2,1-4H3. The maximum absolute atomic E-state index is 14.2. The van der Waals surface area contributed by atoms with Crippen LogP contribution in [0.1, 0.15) is 233 Å². The Balaban J connectivity index is 5.68.